The molecule has 0 atom stereocenters. The lowest BCUT2D eigenvalue weighted by Crippen LogP contribution is -2.07. The van der Waals surface area contributed by atoms with Crippen LogP contribution in [0, 0.1) is 27.7 Å². The Morgan fingerprint density at radius 3 is 2.47 bits per heavy atom. The molecule has 0 bridgehead atoms. The molecule has 0 amide bonds. The van der Waals surface area contributed by atoms with Gasteiger partial charge < -0.3 is 9.47 Å². The third-order valence-electron chi connectivity index (χ3n) is 5.93. The second kappa shape index (κ2) is 9.03. The van der Waals surface area contributed by atoms with Crippen molar-refractivity contribution < 1.29 is 9.47 Å². The van der Waals surface area contributed by atoms with Gasteiger partial charge in [0.15, 0.2) is 0 Å². The van der Waals surface area contributed by atoms with E-state index in [-0.39, 0.29) is 0 Å². The van der Waals surface area contributed by atoms with Crippen molar-refractivity contribution in [1.82, 2.24) is 15.2 Å². The Hall–Kier alpha value is -3.34. The van der Waals surface area contributed by atoms with E-state index in [0.29, 0.717) is 13.2 Å². The lowest BCUT2D eigenvalue weighted by Gasteiger charge is -2.18. The summed E-state index contributed by atoms with van der Waals surface area (Å²) in [5.41, 5.74) is 9.47. The zero-order valence-corrected chi connectivity index (χ0v) is 19.8. The van der Waals surface area contributed by atoms with Crippen molar-refractivity contribution in [2.45, 2.75) is 54.6 Å². The second-order valence-corrected chi connectivity index (χ2v) is 8.26. The van der Waals surface area contributed by atoms with E-state index >= 15 is 0 Å². The maximum absolute atomic E-state index is 6.20. The lowest BCUT2D eigenvalue weighted by atomic mass is 9.95. The lowest BCUT2D eigenvalue weighted by molar-refractivity contribution is 0.283. The van der Waals surface area contributed by atoms with Crippen molar-refractivity contribution in [3.8, 4) is 22.8 Å². The molecule has 4 rings (SSSR count). The van der Waals surface area contributed by atoms with Crippen LogP contribution in [0.2, 0.25) is 0 Å². The molecule has 5 nitrogen and oxygen atoms in total. The average Bonchev–Trinajstić information content (AvgIpc) is 3.15. The van der Waals surface area contributed by atoms with Crippen LogP contribution in [0.4, 0.5) is 0 Å². The minimum atomic E-state index is 0.411. The molecule has 4 aromatic rings. The number of nitrogens with zero attached hydrogens (tertiary/aromatic N) is 2. The number of benzene rings is 2. The summed E-state index contributed by atoms with van der Waals surface area (Å²) in [6, 6.07) is 12.5. The van der Waals surface area contributed by atoms with Crippen LogP contribution >= 0.6 is 0 Å². The number of rotatable bonds is 7. The molecular weight excluding hydrogens is 398 g/mol. The Morgan fingerprint density at radius 2 is 1.72 bits per heavy atom. The Kier molecular flexibility index (Phi) is 6.17. The first-order valence-electron chi connectivity index (χ1n) is 11.2. The first-order chi connectivity index (χ1) is 15.4. The molecule has 2 aromatic heterocycles. The van der Waals surface area contributed by atoms with Gasteiger partial charge in [-0.1, -0.05) is 25.1 Å². The predicted octanol–water partition coefficient (Wildman–Crippen LogP) is 6.40. The normalized spacial score (nSPS) is 11.2. The minimum absolute atomic E-state index is 0.411. The molecule has 0 aliphatic heterocycles. The van der Waals surface area contributed by atoms with Gasteiger partial charge in [-0.3, -0.25) is 10.1 Å². The number of aryl methyl sites for hydroxylation is 5. The minimum Gasteiger partial charge on any atom is -0.493 e. The fraction of sp³-hybridized carbons (Fsp3) is 0.333. The topological polar surface area (TPSA) is 60.0 Å². The highest BCUT2D eigenvalue weighted by molar-refractivity contribution is 5.97. The number of fused-ring (bicyclic) bond motifs is 1. The molecule has 2 heterocycles. The van der Waals surface area contributed by atoms with Gasteiger partial charge in [-0.15, -0.1) is 0 Å². The van der Waals surface area contributed by atoms with Gasteiger partial charge in [0.25, 0.3) is 0 Å². The van der Waals surface area contributed by atoms with Gasteiger partial charge in [0.1, 0.15) is 18.1 Å². The fourth-order valence-corrected chi connectivity index (χ4v) is 4.17. The highest BCUT2D eigenvalue weighted by atomic mass is 16.5. The maximum atomic E-state index is 6.20. The van der Waals surface area contributed by atoms with E-state index in [1.165, 1.54) is 11.1 Å². The smallest absolute Gasteiger partial charge is 0.129 e. The molecule has 32 heavy (non-hydrogen) atoms. The average molecular weight is 430 g/mol. The summed E-state index contributed by atoms with van der Waals surface area (Å²) in [5, 5.41) is 8.70. The summed E-state index contributed by atoms with van der Waals surface area (Å²) in [6.45, 7) is 13.4. The van der Waals surface area contributed by atoms with Gasteiger partial charge in [0.2, 0.25) is 0 Å². The molecule has 1 N–H and O–H groups in total. The van der Waals surface area contributed by atoms with Crippen LogP contribution in [0.5, 0.6) is 11.5 Å². The van der Waals surface area contributed by atoms with Crippen molar-refractivity contribution in [3.63, 3.8) is 0 Å². The fourth-order valence-electron chi connectivity index (χ4n) is 4.17. The Bertz CT molecular complexity index is 1270. The molecule has 0 fully saturated rings. The van der Waals surface area contributed by atoms with E-state index in [0.717, 1.165) is 62.6 Å². The number of pyridine rings is 1. The summed E-state index contributed by atoms with van der Waals surface area (Å²) in [6.07, 6.45) is 0.915. The van der Waals surface area contributed by atoms with Crippen molar-refractivity contribution >= 4 is 10.9 Å². The molecular formula is C27H31N3O2. The zero-order valence-electron chi connectivity index (χ0n) is 19.8. The summed E-state index contributed by atoms with van der Waals surface area (Å²) < 4.78 is 12.3. The van der Waals surface area contributed by atoms with Crippen LogP contribution in [-0.4, -0.2) is 21.8 Å². The number of hydrogen-bond acceptors (Lipinski definition) is 4. The molecule has 0 saturated heterocycles. The van der Waals surface area contributed by atoms with Gasteiger partial charge in [-0.25, -0.2) is 0 Å². The largest absolute Gasteiger partial charge is 0.493 e. The number of H-pyrrole nitrogens is 1. The van der Waals surface area contributed by atoms with Crippen molar-refractivity contribution in [2.24, 2.45) is 0 Å². The number of aromatic nitrogens is 3. The monoisotopic (exact) mass is 429 g/mol. The van der Waals surface area contributed by atoms with E-state index in [4.69, 9.17) is 14.5 Å². The third-order valence-corrected chi connectivity index (χ3v) is 5.93. The highest BCUT2D eigenvalue weighted by Gasteiger charge is 2.19. The van der Waals surface area contributed by atoms with Gasteiger partial charge in [0, 0.05) is 28.4 Å². The first-order valence-corrected chi connectivity index (χ1v) is 11.2. The van der Waals surface area contributed by atoms with Crippen LogP contribution in [0.25, 0.3) is 22.2 Å². The van der Waals surface area contributed by atoms with E-state index in [9.17, 15) is 0 Å². The summed E-state index contributed by atoms with van der Waals surface area (Å²) in [5.74, 6) is 1.71. The highest BCUT2D eigenvalue weighted by Crippen LogP contribution is 2.36. The Balaban J connectivity index is 1.80. The first kappa shape index (κ1) is 21.9. The number of hydrogen-bond donors (Lipinski definition) is 1. The molecule has 0 aliphatic rings. The zero-order chi connectivity index (χ0) is 22.8. The third kappa shape index (κ3) is 4.07. The summed E-state index contributed by atoms with van der Waals surface area (Å²) in [7, 11) is 0. The molecule has 2 aromatic carbocycles. The van der Waals surface area contributed by atoms with Crippen LogP contribution < -0.4 is 9.47 Å². The number of nitrogens with one attached hydrogen (secondary N) is 1. The molecule has 0 spiro atoms. The van der Waals surface area contributed by atoms with Crippen molar-refractivity contribution in [3.05, 3.63) is 70.0 Å². The molecule has 0 saturated carbocycles. The van der Waals surface area contributed by atoms with E-state index < -0.39 is 0 Å². The van der Waals surface area contributed by atoms with Crippen LogP contribution in [0.1, 0.15) is 47.5 Å². The number of ether oxygens (including phenoxy) is 2. The summed E-state index contributed by atoms with van der Waals surface area (Å²) >= 11 is 0. The van der Waals surface area contributed by atoms with Crippen molar-refractivity contribution in [2.75, 3.05) is 6.61 Å². The number of aromatic amines is 1. The predicted molar refractivity (Wildman–Crippen MR) is 130 cm³/mol. The van der Waals surface area contributed by atoms with Gasteiger partial charge in [-0.2, -0.15) is 5.10 Å². The molecule has 166 valence electrons. The Labute approximate surface area is 189 Å². The van der Waals surface area contributed by atoms with Gasteiger partial charge in [-0.05, 0) is 69.9 Å². The maximum Gasteiger partial charge on any atom is 0.129 e. The molecule has 5 heteroatoms. The molecule has 0 unspecified atom stereocenters. The van der Waals surface area contributed by atoms with Crippen LogP contribution in [-0.2, 0) is 13.0 Å². The molecule has 0 radical (unpaired) electrons. The van der Waals surface area contributed by atoms with E-state index in [1.807, 2.05) is 13.8 Å². The quantitative estimate of drug-likeness (QED) is 0.369. The van der Waals surface area contributed by atoms with Gasteiger partial charge in [0.05, 0.1) is 23.4 Å². The van der Waals surface area contributed by atoms with E-state index in [1.54, 1.807) is 0 Å². The molecule has 0 aliphatic carbocycles. The summed E-state index contributed by atoms with van der Waals surface area (Å²) in [4.78, 5) is 5.02. The Morgan fingerprint density at radius 1 is 0.906 bits per heavy atom. The van der Waals surface area contributed by atoms with Crippen molar-refractivity contribution in [1.29, 1.82) is 0 Å². The standard InChI is InChI=1S/C27H31N3O2/c1-7-20-11-12-22-26(19(6)29-30-22)27(20)23-14-25(31-8-2)21(18(5)28-23)15-32-24-13-16(3)9-10-17(24)4/h9-14H,7-8,15H2,1-6H3,(H,29,30). The van der Waals surface area contributed by atoms with Gasteiger partial charge >= 0.3 is 0 Å². The van der Waals surface area contributed by atoms with E-state index in [2.05, 4.69) is 74.3 Å². The van der Waals surface area contributed by atoms with Crippen LogP contribution in [0.3, 0.4) is 0 Å². The van der Waals surface area contributed by atoms with Crippen LogP contribution in [0.15, 0.2) is 36.4 Å². The SMILES string of the molecule is CCOc1cc(-c2c(CC)ccc3n[nH]c(C)c23)nc(C)c1COc1cc(C)ccc1C. The second-order valence-electron chi connectivity index (χ2n) is 8.26.